The number of nitrogens with one attached hydrogen (secondary N) is 1. The molecule has 0 fully saturated rings. The molecule has 0 aliphatic heterocycles. The van der Waals surface area contributed by atoms with E-state index in [1.54, 1.807) is 30.3 Å². The molecule has 4 nitrogen and oxygen atoms in total. The maximum absolute atomic E-state index is 12.1. The molecule has 2 N–H and O–H groups in total. The molecule has 4 aromatic rings. The van der Waals surface area contributed by atoms with Crippen LogP contribution in [0.15, 0.2) is 91.1 Å². The first-order valence-corrected chi connectivity index (χ1v) is 10.0. The molecule has 1 amide bonds. The van der Waals surface area contributed by atoms with E-state index in [1.807, 2.05) is 6.07 Å². The van der Waals surface area contributed by atoms with E-state index in [9.17, 15) is 9.90 Å². The molecule has 0 radical (unpaired) electrons. The predicted molar refractivity (Wildman–Crippen MR) is 121 cm³/mol. The van der Waals surface area contributed by atoms with Crippen molar-refractivity contribution in [3.63, 3.8) is 0 Å². The number of aromatic nitrogens is 1. The fourth-order valence-electron chi connectivity index (χ4n) is 3.57. The Morgan fingerprint density at radius 2 is 1.67 bits per heavy atom. The van der Waals surface area contributed by atoms with E-state index in [0.717, 1.165) is 18.5 Å². The van der Waals surface area contributed by atoms with Crippen molar-refractivity contribution in [2.45, 2.75) is 13.0 Å². The number of rotatable bonds is 7. The van der Waals surface area contributed by atoms with Crippen LogP contribution in [-0.2, 0) is 17.8 Å². The van der Waals surface area contributed by atoms with Crippen LogP contribution < -0.4 is 5.32 Å². The fourth-order valence-corrected chi connectivity index (χ4v) is 3.57. The van der Waals surface area contributed by atoms with E-state index in [-0.39, 0.29) is 11.7 Å². The molecule has 0 aliphatic rings. The first-order valence-electron chi connectivity index (χ1n) is 10.0. The number of hydrogen-bond donors (Lipinski definition) is 2. The minimum absolute atomic E-state index is 0.129. The summed E-state index contributed by atoms with van der Waals surface area (Å²) in [5, 5.41) is 13.5. The average Bonchev–Trinajstić information content (AvgIpc) is 3.12. The van der Waals surface area contributed by atoms with Crippen LogP contribution in [0.1, 0.15) is 16.7 Å². The number of para-hydroxylation sites is 1. The third-order valence-electron chi connectivity index (χ3n) is 5.08. The second-order valence-corrected chi connectivity index (χ2v) is 7.25. The maximum atomic E-state index is 12.1. The molecule has 4 rings (SSSR count). The van der Waals surface area contributed by atoms with Gasteiger partial charge in [0.05, 0.1) is 0 Å². The van der Waals surface area contributed by atoms with Crippen molar-refractivity contribution < 1.29 is 9.90 Å². The average molecular weight is 396 g/mol. The molecular weight excluding hydrogens is 372 g/mol. The van der Waals surface area contributed by atoms with Gasteiger partial charge in [-0.3, -0.25) is 4.79 Å². The van der Waals surface area contributed by atoms with Crippen molar-refractivity contribution in [2.75, 3.05) is 6.54 Å². The molecule has 0 spiro atoms. The monoisotopic (exact) mass is 396 g/mol. The summed E-state index contributed by atoms with van der Waals surface area (Å²) in [6.07, 6.45) is 6.21. The van der Waals surface area contributed by atoms with Gasteiger partial charge in [0.2, 0.25) is 5.91 Å². The fraction of sp³-hybridized carbons (Fsp3) is 0.115. The summed E-state index contributed by atoms with van der Waals surface area (Å²) in [6.45, 7) is 1.39. The number of hydrogen-bond acceptors (Lipinski definition) is 2. The largest absolute Gasteiger partial charge is 0.508 e. The van der Waals surface area contributed by atoms with Crippen LogP contribution in [-0.4, -0.2) is 22.1 Å². The van der Waals surface area contributed by atoms with Gasteiger partial charge in [0.25, 0.3) is 0 Å². The Hall–Kier alpha value is -3.79. The van der Waals surface area contributed by atoms with Crippen molar-refractivity contribution in [2.24, 2.45) is 0 Å². The topological polar surface area (TPSA) is 54.3 Å². The second-order valence-electron chi connectivity index (χ2n) is 7.25. The van der Waals surface area contributed by atoms with Crippen molar-refractivity contribution in [1.29, 1.82) is 0 Å². The van der Waals surface area contributed by atoms with Crippen LogP contribution >= 0.6 is 0 Å². The second kappa shape index (κ2) is 9.14. The number of benzene rings is 3. The van der Waals surface area contributed by atoms with Crippen molar-refractivity contribution in [3.05, 3.63) is 108 Å². The summed E-state index contributed by atoms with van der Waals surface area (Å²) < 4.78 is 2.27. The molecule has 0 saturated carbocycles. The molecule has 1 heterocycles. The first-order chi connectivity index (χ1) is 14.7. The lowest BCUT2D eigenvalue weighted by Crippen LogP contribution is -2.23. The van der Waals surface area contributed by atoms with Crippen LogP contribution in [0.5, 0.6) is 5.75 Å². The summed E-state index contributed by atoms with van der Waals surface area (Å²) >= 11 is 0. The Kier molecular flexibility index (Phi) is 5.95. The zero-order valence-electron chi connectivity index (χ0n) is 16.7. The molecule has 0 unspecified atom stereocenters. The van der Waals surface area contributed by atoms with Crippen molar-refractivity contribution >= 4 is 22.9 Å². The molecule has 0 atom stereocenters. The van der Waals surface area contributed by atoms with Gasteiger partial charge in [0.1, 0.15) is 5.75 Å². The number of phenolic OH excluding ortho intramolecular Hbond substituents is 1. The van der Waals surface area contributed by atoms with Gasteiger partial charge in [-0.2, -0.15) is 0 Å². The Balaban J connectivity index is 1.40. The summed E-state index contributed by atoms with van der Waals surface area (Å²) in [5.41, 5.74) is 4.56. The quantitative estimate of drug-likeness (QED) is 0.442. The standard InChI is InChI=1S/C26H24N2O2/c29-23-13-10-20(11-14-23)12-15-26(30)27-17-16-22-19-28(18-21-6-2-1-3-7-21)25-9-5-4-8-24(22)25/h1-15,19,29H,16-18H2,(H,27,30)/b15-12+. The highest BCUT2D eigenvalue weighted by Gasteiger charge is 2.08. The number of phenols is 1. The highest BCUT2D eigenvalue weighted by Crippen LogP contribution is 2.22. The Morgan fingerprint density at radius 3 is 2.47 bits per heavy atom. The third-order valence-corrected chi connectivity index (χ3v) is 5.08. The highest BCUT2D eigenvalue weighted by atomic mass is 16.3. The SMILES string of the molecule is O=C(/C=C/c1ccc(O)cc1)NCCc1cn(Cc2ccccc2)c2ccccc12. The molecular formula is C26H24N2O2. The summed E-state index contributed by atoms with van der Waals surface area (Å²) in [6, 6.07) is 25.5. The maximum Gasteiger partial charge on any atom is 0.244 e. The van der Waals surface area contributed by atoms with Crippen molar-refractivity contribution in [1.82, 2.24) is 9.88 Å². The lowest BCUT2D eigenvalue weighted by Gasteiger charge is -2.05. The summed E-state index contributed by atoms with van der Waals surface area (Å²) in [5.74, 6) is 0.0825. The van der Waals surface area contributed by atoms with Gasteiger partial charge in [-0.15, -0.1) is 0 Å². The number of nitrogens with zero attached hydrogens (tertiary/aromatic N) is 1. The minimum atomic E-state index is -0.129. The molecule has 30 heavy (non-hydrogen) atoms. The van der Waals surface area contributed by atoms with Gasteiger partial charge in [-0.1, -0.05) is 60.7 Å². The molecule has 3 aromatic carbocycles. The Bertz CT molecular complexity index is 1160. The molecule has 0 bridgehead atoms. The van der Waals surface area contributed by atoms with E-state index in [2.05, 4.69) is 64.6 Å². The molecule has 1 aromatic heterocycles. The van der Waals surface area contributed by atoms with Gasteiger partial charge in [0, 0.05) is 36.3 Å². The van der Waals surface area contributed by atoms with Gasteiger partial charge >= 0.3 is 0 Å². The zero-order chi connectivity index (χ0) is 20.8. The van der Waals surface area contributed by atoms with Crippen LogP contribution in [0, 0.1) is 0 Å². The van der Waals surface area contributed by atoms with Gasteiger partial charge in [-0.25, -0.2) is 0 Å². The lowest BCUT2D eigenvalue weighted by molar-refractivity contribution is -0.116. The van der Waals surface area contributed by atoms with Crippen LogP contribution in [0.4, 0.5) is 0 Å². The van der Waals surface area contributed by atoms with Gasteiger partial charge in [0.15, 0.2) is 0 Å². The number of amides is 1. The third kappa shape index (κ3) is 4.78. The van der Waals surface area contributed by atoms with Gasteiger partial charge < -0.3 is 15.0 Å². The predicted octanol–water partition coefficient (Wildman–Crippen LogP) is 4.77. The van der Waals surface area contributed by atoms with Gasteiger partial charge in [-0.05, 0) is 47.4 Å². The van der Waals surface area contributed by atoms with E-state index in [0.29, 0.717) is 6.54 Å². The number of carbonyl (C=O) groups excluding carboxylic acids is 1. The number of fused-ring (bicyclic) bond motifs is 1. The first kappa shape index (κ1) is 19.5. The highest BCUT2D eigenvalue weighted by molar-refractivity contribution is 5.91. The molecule has 0 saturated heterocycles. The number of aromatic hydroxyl groups is 1. The Labute approximate surface area is 176 Å². The van der Waals surface area contributed by atoms with E-state index in [4.69, 9.17) is 0 Å². The minimum Gasteiger partial charge on any atom is -0.508 e. The van der Waals surface area contributed by atoms with Crippen molar-refractivity contribution in [3.8, 4) is 5.75 Å². The zero-order valence-corrected chi connectivity index (χ0v) is 16.7. The smallest absolute Gasteiger partial charge is 0.244 e. The van der Waals surface area contributed by atoms with E-state index < -0.39 is 0 Å². The molecule has 150 valence electrons. The van der Waals surface area contributed by atoms with Crippen LogP contribution in [0.3, 0.4) is 0 Å². The van der Waals surface area contributed by atoms with Crippen LogP contribution in [0.2, 0.25) is 0 Å². The summed E-state index contributed by atoms with van der Waals surface area (Å²) in [7, 11) is 0. The van der Waals surface area contributed by atoms with E-state index in [1.165, 1.54) is 28.1 Å². The molecule has 4 heteroatoms. The normalized spacial score (nSPS) is 11.2. The number of carbonyl (C=O) groups is 1. The molecule has 0 aliphatic carbocycles. The summed E-state index contributed by atoms with van der Waals surface area (Å²) in [4.78, 5) is 12.1. The van der Waals surface area contributed by atoms with Crippen LogP contribution in [0.25, 0.3) is 17.0 Å². The lowest BCUT2D eigenvalue weighted by atomic mass is 10.1. The Morgan fingerprint density at radius 1 is 0.933 bits per heavy atom. The van der Waals surface area contributed by atoms with E-state index >= 15 is 0 Å².